The van der Waals surface area contributed by atoms with Gasteiger partial charge in [-0.3, -0.25) is 0 Å². The van der Waals surface area contributed by atoms with Crippen LogP contribution in [0.2, 0.25) is 0 Å². The molecule has 0 bridgehead atoms. The fourth-order valence-electron chi connectivity index (χ4n) is 3.58. The van der Waals surface area contributed by atoms with E-state index in [2.05, 4.69) is 87.5 Å². The highest BCUT2D eigenvalue weighted by Gasteiger charge is 2.33. The molecule has 2 aromatic carbocycles. The molecule has 4 rings (SSSR count). The van der Waals surface area contributed by atoms with Gasteiger partial charge in [0, 0.05) is 5.41 Å². The summed E-state index contributed by atoms with van der Waals surface area (Å²) in [4.78, 5) is 0. The summed E-state index contributed by atoms with van der Waals surface area (Å²) < 4.78 is 0. The summed E-state index contributed by atoms with van der Waals surface area (Å²) in [6.07, 6.45) is 6.82. The van der Waals surface area contributed by atoms with Gasteiger partial charge in [-0.1, -0.05) is 80.1 Å². The quantitative estimate of drug-likeness (QED) is 0.783. The Kier molecular flexibility index (Phi) is 2.77. The molecule has 0 heteroatoms. The van der Waals surface area contributed by atoms with E-state index in [0.29, 0.717) is 0 Å². The van der Waals surface area contributed by atoms with E-state index in [-0.39, 0.29) is 5.41 Å². The third-order valence-corrected chi connectivity index (χ3v) is 5.24. The minimum absolute atomic E-state index is 0.127. The Bertz CT molecular complexity index is 950. The second-order valence-electron chi connectivity index (χ2n) is 6.73. The largest absolute Gasteiger partial charge is 0.0619 e. The van der Waals surface area contributed by atoms with Crippen LogP contribution in [0.1, 0.15) is 31.9 Å². The highest BCUT2D eigenvalue weighted by molar-refractivity contribution is 5.93. The summed E-state index contributed by atoms with van der Waals surface area (Å²) in [5.74, 6) is 0. The standard InChI is InChI=1S/C22H20/c1-15-18(20-10-6-7-11-21(20)22(15,2)3)13-12-17-14-16-8-4-5-9-19(16)17/h4-14H,1-3H3/b13-12-. The van der Waals surface area contributed by atoms with Crippen molar-refractivity contribution in [1.29, 1.82) is 0 Å². The Balaban J connectivity index is 1.79. The van der Waals surface area contributed by atoms with Gasteiger partial charge in [-0.2, -0.15) is 0 Å². The molecule has 0 aliphatic heterocycles. The molecule has 0 heterocycles. The Morgan fingerprint density at radius 3 is 2.41 bits per heavy atom. The maximum atomic E-state index is 2.32. The molecule has 0 spiro atoms. The van der Waals surface area contributed by atoms with E-state index in [1.54, 1.807) is 0 Å². The number of allylic oxidation sites excluding steroid dienone is 4. The SMILES string of the molecule is CC1=C(/C=C\C2=c3ccccc3=C2)c2ccccc2C1(C)C. The van der Waals surface area contributed by atoms with Crippen molar-refractivity contribution in [3.63, 3.8) is 0 Å². The number of rotatable bonds is 2. The van der Waals surface area contributed by atoms with E-state index < -0.39 is 0 Å². The van der Waals surface area contributed by atoms with Crippen LogP contribution >= 0.6 is 0 Å². The summed E-state index contributed by atoms with van der Waals surface area (Å²) >= 11 is 0. The van der Waals surface area contributed by atoms with E-state index in [0.717, 1.165) is 0 Å². The molecule has 0 nitrogen and oxygen atoms in total. The summed E-state index contributed by atoms with van der Waals surface area (Å²) in [7, 11) is 0. The lowest BCUT2D eigenvalue weighted by molar-refractivity contribution is 0.639. The topological polar surface area (TPSA) is 0 Å². The number of fused-ring (bicyclic) bond motifs is 2. The molecule has 0 aromatic heterocycles. The van der Waals surface area contributed by atoms with E-state index >= 15 is 0 Å². The van der Waals surface area contributed by atoms with Crippen LogP contribution in [0.25, 0.3) is 17.2 Å². The Morgan fingerprint density at radius 2 is 1.59 bits per heavy atom. The van der Waals surface area contributed by atoms with Gasteiger partial charge in [0.2, 0.25) is 0 Å². The molecule has 2 aromatic rings. The zero-order valence-corrected chi connectivity index (χ0v) is 13.4. The van der Waals surface area contributed by atoms with Crippen LogP contribution in [0, 0.1) is 0 Å². The second kappa shape index (κ2) is 4.58. The van der Waals surface area contributed by atoms with Gasteiger partial charge < -0.3 is 0 Å². The van der Waals surface area contributed by atoms with Gasteiger partial charge in [0.15, 0.2) is 0 Å². The molecule has 0 N–H and O–H groups in total. The van der Waals surface area contributed by atoms with Gasteiger partial charge >= 0.3 is 0 Å². The minimum Gasteiger partial charge on any atom is -0.0619 e. The van der Waals surface area contributed by atoms with E-state index in [1.807, 2.05) is 0 Å². The smallest absolute Gasteiger partial charge is 0.0118 e. The van der Waals surface area contributed by atoms with Gasteiger partial charge in [0.05, 0.1) is 0 Å². The molecular weight excluding hydrogens is 264 g/mol. The molecule has 0 atom stereocenters. The van der Waals surface area contributed by atoms with Crippen molar-refractivity contribution < 1.29 is 0 Å². The number of hydrogen-bond donors (Lipinski definition) is 0. The average Bonchev–Trinajstić information content (AvgIpc) is 2.69. The summed E-state index contributed by atoms with van der Waals surface area (Å²) in [5, 5.41) is 2.71. The van der Waals surface area contributed by atoms with Gasteiger partial charge in [-0.15, -0.1) is 0 Å². The molecule has 0 saturated heterocycles. The summed E-state index contributed by atoms with van der Waals surface area (Å²) in [5.41, 5.74) is 7.12. The van der Waals surface area contributed by atoms with Crippen LogP contribution in [-0.2, 0) is 5.41 Å². The van der Waals surface area contributed by atoms with Crippen LogP contribution in [0.15, 0.2) is 66.3 Å². The third kappa shape index (κ3) is 1.77. The molecule has 0 unspecified atom stereocenters. The van der Waals surface area contributed by atoms with Crippen molar-refractivity contribution >= 4 is 17.2 Å². The fourth-order valence-corrected chi connectivity index (χ4v) is 3.58. The van der Waals surface area contributed by atoms with Crippen LogP contribution in [0.3, 0.4) is 0 Å². The fraction of sp³-hybridized carbons (Fsp3) is 0.182. The number of benzene rings is 2. The lowest BCUT2D eigenvalue weighted by Gasteiger charge is -2.21. The van der Waals surface area contributed by atoms with Crippen molar-refractivity contribution in [1.82, 2.24) is 0 Å². The Labute approximate surface area is 131 Å². The molecule has 0 saturated carbocycles. The Hall–Kier alpha value is -2.34. The highest BCUT2D eigenvalue weighted by Crippen LogP contribution is 2.46. The lowest BCUT2D eigenvalue weighted by atomic mass is 9.82. The van der Waals surface area contributed by atoms with Crippen molar-refractivity contribution in [2.45, 2.75) is 26.2 Å². The monoisotopic (exact) mass is 284 g/mol. The third-order valence-electron chi connectivity index (χ3n) is 5.24. The zero-order valence-electron chi connectivity index (χ0n) is 13.4. The molecule has 0 fully saturated rings. The van der Waals surface area contributed by atoms with Gasteiger partial charge in [0.25, 0.3) is 0 Å². The van der Waals surface area contributed by atoms with Crippen molar-refractivity contribution in [3.8, 4) is 0 Å². The molecule has 0 radical (unpaired) electrons. The molecular formula is C22H20. The maximum absolute atomic E-state index is 2.32. The molecule has 2 aliphatic rings. The molecule has 2 aliphatic carbocycles. The molecule has 108 valence electrons. The maximum Gasteiger partial charge on any atom is 0.0118 e. The molecule has 22 heavy (non-hydrogen) atoms. The predicted octanol–water partition coefficient (Wildman–Crippen LogP) is 3.95. The average molecular weight is 284 g/mol. The van der Waals surface area contributed by atoms with Gasteiger partial charge in [-0.25, -0.2) is 0 Å². The summed E-state index contributed by atoms with van der Waals surface area (Å²) in [6.45, 7) is 6.91. The first-order valence-electron chi connectivity index (χ1n) is 7.89. The van der Waals surface area contributed by atoms with E-state index in [9.17, 15) is 0 Å². The lowest BCUT2D eigenvalue weighted by Crippen LogP contribution is -2.32. The van der Waals surface area contributed by atoms with Crippen LogP contribution in [-0.4, -0.2) is 0 Å². The normalized spacial score (nSPS) is 18.0. The van der Waals surface area contributed by atoms with E-state index in [4.69, 9.17) is 0 Å². The van der Waals surface area contributed by atoms with E-state index in [1.165, 1.54) is 38.3 Å². The minimum atomic E-state index is 0.127. The first-order valence-corrected chi connectivity index (χ1v) is 7.89. The van der Waals surface area contributed by atoms with Crippen LogP contribution in [0.5, 0.6) is 0 Å². The van der Waals surface area contributed by atoms with Gasteiger partial charge in [-0.05, 0) is 45.7 Å². The van der Waals surface area contributed by atoms with Crippen LogP contribution < -0.4 is 10.4 Å². The first-order chi connectivity index (χ1) is 10.6. The number of hydrogen-bond acceptors (Lipinski definition) is 0. The first kappa shape index (κ1) is 13.3. The van der Waals surface area contributed by atoms with Crippen molar-refractivity contribution in [2.24, 2.45) is 0 Å². The van der Waals surface area contributed by atoms with Crippen molar-refractivity contribution in [2.75, 3.05) is 0 Å². The van der Waals surface area contributed by atoms with Crippen molar-refractivity contribution in [3.05, 3.63) is 87.8 Å². The summed E-state index contributed by atoms with van der Waals surface area (Å²) in [6, 6.07) is 17.4. The zero-order chi connectivity index (χ0) is 15.3. The highest BCUT2D eigenvalue weighted by atomic mass is 14.4. The predicted molar refractivity (Wildman–Crippen MR) is 94.8 cm³/mol. The van der Waals surface area contributed by atoms with Crippen LogP contribution in [0.4, 0.5) is 0 Å². The second-order valence-corrected chi connectivity index (χ2v) is 6.73. The van der Waals surface area contributed by atoms with Gasteiger partial charge in [0.1, 0.15) is 0 Å². The molecule has 0 amide bonds. The Morgan fingerprint density at radius 1 is 0.864 bits per heavy atom.